The van der Waals surface area contributed by atoms with Crippen LogP contribution in [0.25, 0.3) is 0 Å². The normalized spacial score (nSPS) is 28.2. The lowest BCUT2D eigenvalue weighted by molar-refractivity contribution is 0.0567. The van der Waals surface area contributed by atoms with Crippen molar-refractivity contribution in [1.82, 2.24) is 9.80 Å². The lowest BCUT2D eigenvalue weighted by Gasteiger charge is -2.43. The Balaban J connectivity index is 1.94. The molecule has 0 bridgehead atoms. The molecule has 2 N–H and O–H groups in total. The number of likely N-dealkylation sites (N-methyl/N-ethyl adjacent to an activating group) is 1. The van der Waals surface area contributed by atoms with Gasteiger partial charge in [0.25, 0.3) is 0 Å². The van der Waals surface area contributed by atoms with Gasteiger partial charge in [-0.15, -0.1) is 0 Å². The van der Waals surface area contributed by atoms with Crippen molar-refractivity contribution in [3.63, 3.8) is 0 Å². The van der Waals surface area contributed by atoms with Gasteiger partial charge in [-0.25, -0.2) is 0 Å². The summed E-state index contributed by atoms with van der Waals surface area (Å²) in [5.41, 5.74) is 7.53. The van der Waals surface area contributed by atoms with Gasteiger partial charge in [-0.05, 0) is 26.5 Å². The van der Waals surface area contributed by atoms with Crippen LogP contribution >= 0.6 is 0 Å². The van der Waals surface area contributed by atoms with E-state index in [4.69, 9.17) is 5.73 Å². The van der Waals surface area contributed by atoms with Crippen LogP contribution in [-0.4, -0.2) is 48.6 Å². The maximum atomic E-state index is 6.30. The lowest BCUT2D eigenvalue weighted by atomic mass is 10.0. The minimum atomic E-state index is 0.119. The van der Waals surface area contributed by atoms with Crippen molar-refractivity contribution >= 4 is 0 Å². The number of hydrogen-bond acceptors (Lipinski definition) is 3. The molecule has 0 aliphatic carbocycles. The fourth-order valence-electron chi connectivity index (χ4n) is 2.75. The van der Waals surface area contributed by atoms with Crippen LogP contribution in [0.1, 0.15) is 25.5 Å². The fourth-order valence-corrected chi connectivity index (χ4v) is 2.75. The van der Waals surface area contributed by atoms with Crippen molar-refractivity contribution in [2.24, 2.45) is 5.73 Å². The van der Waals surface area contributed by atoms with Crippen LogP contribution in [0.5, 0.6) is 0 Å². The number of nitrogens with zero attached hydrogens (tertiary/aromatic N) is 2. The highest BCUT2D eigenvalue weighted by Crippen LogP contribution is 2.17. The number of piperazine rings is 1. The molecule has 0 aromatic heterocycles. The van der Waals surface area contributed by atoms with Gasteiger partial charge < -0.3 is 5.73 Å². The first-order chi connectivity index (χ1) is 8.58. The third-order valence-corrected chi connectivity index (χ3v) is 4.12. The monoisotopic (exact) mass is 247 g/mol. The molecule has 3 nitrogen and oxygen atoms in total. The number of benzene rings is 1. The van der Waals surface area contributed by atoms with Gasteiger partial charge in [0, 0.05) is 37.8 Å². The third kappa shape index (κ3) is 3.10. The summed E-state index contributed by atoms with van der Waals surface area (Å²) in [6, 6.07) is 11.7. The van der Waals surface area contributed by atoms with Crippen molar-refractivity contribution < 1.29 is 0 Å². The average molecular weight is 247 g/mol. The van der Waals surface area contributed by atoms with Crippen LogP contribution < -0.4 is 5.73 Å². The van der Waals surface area contributed by atoms with E-state index < -0.39 is 0 Å². The Kier molecular flexibility index (Phi) is 4.38. The molecule has 0 spiro atoms. The summed E-state index contributed by atoms with van der Waals surface area (Å²) in [4.78, 5) is 4.94. The van der Waals surface area contributed by atoms with Crippen LogP contribution in [0.2, 0.25) is 0 Å². The van der Waals surface area contributed by atoms with Crippen molar-refractivity contribution in [3.8, 4) is 0 Å². The summed E-state index contributed by atoms with van der Waals surface area (Å²) in [5.74, 6) is 0. The molecule has 1 aromatic rings. The molecular formula is C15H25N3. The smallest absolute Gasteiger partial charge is 0.0424 e. The van der Waals surface area contributed by atoms with Gasteiger partial charge in [0.15, 0.2) is 0 Å². The quantitative estimate of drug-likeness (QED) is 0.882. The van der Waals surface area contributed by atoms with E-state index in [9.17, 15) is 0 Å². The largest absolute Gasteiger partial charge is 0.323 e. The Hall–Kier alpha value is -0.900. The molecule has 2 rings (SSSR count). The van der Waals surface area contributed by atoms with Gasteiger partial charge >= 0.3 is 0 Å². The Labute approximate surface area is 111 Å². The maximum Gasteiger partial charge on any atom is 0.0424 e. The topological polar surface area (TPSA) is 32.5 Å². The molecule has 18 heavy (non-hydrogen) atoms. The molecule has 3 atom stereocenters. The Morgan fingerprint density at radius 1 is 1.17 bits per heavy atom. The number of hydrogen-bond donors (Lipinski definition) is 1. The van der Waals surface area contributed by atoms with E-state index in [1.165, 1.54) is 5.56 Å². The predicted molar refractivity (Wildman–Crippen MR) is 76.5 cm³/mol. The number of rotatable bonds is 3. The molecule has 1 heterocycles. The third-order valence-electron chi connectivity index (χ3n) is 4.12. The van der Waals surface area contributed by atoms with E-state index in [0.717, 1.165) is 19.6 Å². The van der Waals surface area contributed by atoms with E-state index in [-0.39, 0.29) is 6.04 Å². The fraction of sp³-hybridized carbons (Fsp3) is 0.600. The molecule has 1 aromatic carbocycles. The Bertz CT molecular complexity index is 353. The lowest BCUT2D eigenvalue weighted by Crippen LogP contribution is -2.55. The molecule has 1 aliphatic heterocycles. The van der Waals surface area contributed by atoms with Gasteiger partial charge in [0.05, 0.1) is 0 Å². The van der Waals surface area contributed by atoms with E-state index in [2.05, 4.69) is 55.0 Å². The van der Waals surface area contributed by atoms with Gasteiger partial charge in [0.1, 0.15) is 0 Å². The van der Waals surface area contributed by atoms with Crippen molar-refractivity contribution in [1.29, 1.82) is 0 Å². The van der Waals surface area contributed by atoms with Gasteiger partial charge in [-0.1, -0.05) is 30.3 Å². The summed E-state index contributed by atoms with van der Waals surface area (Å²) < 4.78 is 0. The minimum Gasteiger partial charge on any atom is -0.323 e. The van der Waals surface area contributed by atoms with Gasteiger partial charge in [-0.2, -0.15) is 0 Å². The molecular weight excluding hydrogens is 222 g/mol. The SMILES string of the molecule is CC1CN(CC(N)c2ccccc2)CC(C)N1C. The molecule has 1 saturated heterocycles. The molecule has 0 amide bonds. The van der Waals surface area contributed by atoms with E-state index >= 15 is 0 Å². The molecule has 1 aliphatic rings. The summed E-state index contributed by atoms with van der Waals surface area (Å²) in [6.45, 7) is 7.75. The first-order valence-electron chi connectivity index (χ1n) is 6.82. The van der Waals surface area contributed by atoms with Crippen molar-refractivity contribution in [2.45, 2.75) is 32.0 Å². The van der Waals surface area contributed by atoms with E-state index in [1.54, 1.807) is 0 Å². The second-order valence-electron chi connectivity index (χ2n) is 5.60. The summed E-state index contributed by atoms with van der Waals surface area (Å²) in [6.07, 6.45) is 0. The zero-order chi connectivity index (χ0) is 13.1. The highest BCUT2D eigenvalue weighted by molar-refractivity contribution is 5.18. The standard InChI is InChI=1S/C15H25N3/c1-12-9-18(10-13(2)17(12)3)11-15(16)14-7-5-4-6-8-14/h4-8,12-13,15H,9-11,16H2,1-3H3. The van der Waals surface area contributed by atoms with E-state index in [1.807, 2.05) is 6.07 Å². The highest BCUT2D eigenvalue weighted by atomic mass is 15.3. The molecule has 3 unspecified atom stereocenters. The minimum absolute atomic E-state index is 0.119. The van der Waals surface area contributed by atoms with Crippen LogP contribution in [0.3, 0.4) is 0 Å². The maximum absolute atomic E-state index is 6.30. The van der Waals surface area contributed by atoms with Crippen molar-refractivity contribution in [3.05, 3.63) is 35.9 Å². The second-order valence-corrected chi connectivity index (χ2v) is 5.60. The predicted octanol–water partition coefficient (Wildman–Crippen LogP) is 1.71. The van der Waals surface area contributed by atoms with Gasteiger partial charge in [0.2, 0.25) is 0 Å². The first-order valence-corrected chi connectivity index (χ1v) is 6.82. The second kappa shape index (κ2) is 5.83. The molecule has 100 valence electrons. The van der Waals surface area contributed by atoms with E-state index in [0.29, 0.717) is 12.1 Å². The average Bonchev–Trinajstić information content (AvgIpc) is 2.37. The molecule has 3 heteroatoms. The first kappa shape index (κ1) is 13.5. The Morgan fingerprint density at radius 3 is 2.28 bits per heavy atom. The highest BCUT2D eigenvalue weighted by Gasteiger charge is 2.27. The molecule has 0 radical (unpaired) electrons. The molecule has 0 saturated carbocycles. The Morgan fingerprint density at radius 2 is 1.72 bits per heavy atom. The number of nitrogens with two attached hydrogens (primary N) is 1. The van der Waals surface area contributed by atoms with Gasteiger partial charge in [-0.3, -0.25) is 9.80 Å². The zero-order valence-electron chi connectivity index (χ0n) is 11.7. The van der Waals surface area contributed by atoms with Crippen LogP contribution in [0.4, 0.5) is 0 Å². The van der Waals surface area contributed by atoms with Crippen molar-refractivity contribution in [2.75, 3.05) is 26.7 Å². The summed E-state index contributed by atoms with van der Waals surface area (Å²) in [7, 11) is 2.21. The molecule has 1 fully saturated rings. The van der Waals surface area contributed by atoms with Crippen LogP contribution in [0, 0.1) is 0 Å². The van der Waals surface area contributed by atoms with Crippen LogP contribution in [-0.2, 0) is 0 Å². The summed E-state index contributed by atoms with van der Waals surface area (Å²) in [5, 5.41) is 0. The van der Waals surface area contributed by atoms with Crippen LogP contribution in [0.15, 0.2) is 30.3 Å². The zero-order valence-corrected chi connectivity index (χ0v) is 11.7. The summed E-state index contributed by atoms with van der Waals surface area (Å²) >= 11 is 0.